The maximum atomic E-state index is 13.1. The van der Waals surface area contributed by atoms with Gasteiger partial charge in [-0.05, 0) is 43.2 Å². The van der Waals surface area contributed by atoms with Crippen molar-refractivity contribution in [2.75, 3.05) is 55.7 Å². The Kier molecular flexibility index (Phi) is 7.24. The number of carbonyl (C=O) groups is 2. The van der Waals surface area contributed by atoms with Crippen molar-refractivity contribution in [1.82, 2.24) is 4.90 Å². The summed E-state index contributed by atoms with van der Waals surface area (Å²) >= 11 is 0. The number of para-hydroxylation sites is 2. The van der Waals surface area contributed by atoms with Crippen LogP contribution < -0.4 is 9.80 Å². The number of halogens is 1. The number of esters is 1. The zero-order chi connectivity index (χ0) is 24.1. The number of piperazine rings is 1. The highest BCUT2D eigenvalue weighted by atomic mass is 19.1. The monoisotopic (exact) mass is 470 g/mol. The van der Waals surface area contributed by atoms with Crippen LogP contribution in [0.15, 0.2) is 48.5 Å². The second-order valence-electron chi connectivity index (χ2n) is 8.46. The number of carbonyl (C=O) groups excluding carboxylic acids is 2. The first-order valence-electron chi connectivity index (χ1n) is 11.4. The number of nitro benzene ring substituents is 1. The van der Waals surface area contributed by atoms with Crippen molar-refractivity contribution >= 4 is 28.9 Å². The molecule has 4 rings (SSSR count). The van der Waals surface area contributed by atoms with Crippen LogP contribution in [0.4, 0.5) is 21.5 Å². The third kappa shape index (κ3) is 5.44. The third-order valence-corrected chi connectivity index (χ3v) is 6.41. The Morgan fingerprint density at radius 3 is 2.24 bits per heavy atom. The van der Waals surface area contributed by atoms with Gasteiger partial charge < -0.3 is 19.4 Å². The first-order chi connectivity index (χ1) is 16.4. The fourth-order valence-electron chi connectivity index (χ4n) is 4.45. The lowest BCUT2D eigenvalue weighted by Crippen LogP contribution is -2.50. The van der Waals surface area contributed by atoms with Crippen LogP contribution >= 0.6 is 0 Å². The maximum Gasteiger partial charge on any atom is 0.309 e. The van der Waals surface area contributed by atoms with Gasteiger partial charge in [0.2, 0.25) is 0 Å². The second kappa shape index (κ2) is 10.5. The van der Waals surface area contributed by atoms with Gasteiger partial charge in [-0.1, -0.05) is 12.1 Å². The average molecular weight is 471 g/mol. The summed E-state index contributed by atoms with van der Waals surface area (Å²) in [5.41, 5.74) is 1.51. The Morgan fingerprint density at radius 2 is 1.59 bits per heavy atom. The molecule has 2 heterocycles. The van der Waals surface area contributed by atoms with E-state index >= 15 is 0 Å². The van der Waals surface area contributed by atoms with Crippen molar-refractivity contribution in [3.63, 3.8) is 0 Å². The van der Waals surface area contributed by atoms with E-state index in [2.05, 4.69) is 4.90 Å². The molecule has 180 valence electrons. The summed E-state index contributed by atoms with van der Waals surface area (Å²) in [5, 5.41) is 11.3. The summed E-state index contributed by atoms with van der Waals surface area (Å²) in [6.07, 6.45) is 1.02. The minimum Gasteiger partial charge on any atom is -0.455 e. The van der Waals surface area contributed by atoms with E-state index in [1.807, 2.05) is 4.90 Å². The fourth-order valence-corrected chi connectivity index (χ4v) is 4.45. The van der Waals surface area contributed by atoms with Gasteiger partial charge in [-0.15, -0.1) is 0 Å². The number of hydrogen-bond acceptors (Lipinski definition) is 7. The number of amides is 1. The number of piperidine rings is 1. The van der Waals surface area contributed by atoms with Gasteiger partial charge in [0.15, 0.2) is 6.61 Å². The van der Waals surface area contributed by atoms with Gasteiger partial charge >= 0.3 is 5.97 Å². The smallest absolute Gasteiger partial charge is 0.309 e. The molecule has 2 saturated heterocycles. The molecular weight excluding hydrogens is 443 g/mol. The summed E-state index contributed by atoms with van der Waals surface area (Å²) in [5.74, 6) is -1.25. The standard InChI is InChI=1S/C24H27FN4O5/c25-19-5-7-20(8-6-19)26-13-15-28(16-14-26)23(30)17-34-24(31)18-9-11-27(12-10-18)21-3-1-2-4-22(21)29(32)33/h1-8,18H,9-17H2. The number of nitro groups is 1. The molecule has 0 N–H and O–H groups in total. The van der Waals surface area contributed by atoms with Crippen molar-refractivity contribution in [2.24, 2.45) is 5.92 Å². The van der Waals surface area contributed by atoms with Gasteiger partial charge in [0, 0.05) is 51.0 Å². The lowest BCUT2D eigenvalue weighted by Gasteiger charge is -2.36. The molecule has 0 bridgehead atoms. The van der Waals surface area contributed by atoms with Crippen LogP contribution in [0.2, 0.25) is 0 Å². The van der Waals surface area contributed by atoms with Gasteiger partial charge in [-0.2, -0.15) is 0 Å². The molecule has 2 fully saturated rings. The van der Waals surface area contributed by atoms with Crippen molar-refractivity contribution in [2.45, 2.75) is 12.8 Å². The lowest BCUT2D eigenvalue weighted by atomic mass is 9.96. The first-order valence-corrected chi connectivity index (χ1v) is 11.4. The van der Waals surface area contributed by atoms with E-state index in [-0.39, 0.29) is 29.9 Å². The number of rotatable bonds is 6. The summed E-state index contributed by atoms with van der Waals surface area (Å²) in [6.45, 7) is 2.96. The van der Waals surface area contributed by atoms with Crippen LogP contribution in [-0.2, 0) is 14.3 Å². The van der Waals surface area contributed by atoms with E-state index in [1.165, 1.54) is 18.2 Å². The van der Waals surface area contributed by atoms with Crippen LogP contribution in [0.1, 0.15) is 12.8 Å². The highest BCUT2D eigenvalue weighted by Gasteiger charge is 2.30. The lowest BCUT2D eigenvalue weighted by molar-refractivity contribution is -0.384. The van der Waals surface area contributed by atoms with Crippen molar-refractivity contribution < 1.29 is 23.6 Å². The molecule has 1 amide bonds. The quantitative estimate of drug-likeness (QED) is 0.364. The van der Waals surface area contributed by atoms with Gasteiger partial charge in [0.25, 0.3) is 11.6 Å². The van der Waals surface area contributed by atoms with Crippen molar-refractivity contribution in [3.05, 3.63) is 64.5 Å². The molecule has 0 aliphatic carbocycles. The van der Waals surface area contributed by atoms with Crippen LogP contribution in [0.3, 0.4) is 0 Å². The highest BCUT2D eigenvalue weighted by molar-refractivity contribution is 5.81. The fraction of sp³-hybridized carbons (Fsp3) is 0.417. The molecule has 9 nitrogen and oxygen atoms in total. The summed E-state index contributed by atoms with van der Waals surface area (Å²) in [4.78, 5) is 41.6. The molecule has 2 aliphatic rings. The number of anilines is 2. The topological polar surface area (TPSA) is 96.2 Å². The number of ether oxygens (including phenoxy) is 1. The molecule has 0 unspecified atom stereocenters. The zero-order valence-corrected chi connectivity index (χ0v) is 18.8. The maximum absolute atomic E-state index is 13.1. The summed E-state index contributed by atoms with van der Waals surface area (Å²) in [7, 11) is 0. The number of hydrogen-bond donors (Lipinski definition) is 0. The summed E-state index contributed by atoms with van der Waals surface area (Å²) in [6, 6.07) is 12.8. The predicted octanol–water partition coefficient (Wildman–Crippen LogP) is 2.84. The van der Waals surface area contributed by atoms with E-state index in [0.29, 0.717) is 57.8 Å². The van der Waals surface area contributed by atoms with E-state index in [1.54, 1.807) is 35.2 Å². The number of nitrogens with zero attached hydrogens (tertiary/aromatic N) is 4. The van der Waals surface area contributed by atoms with Gasteiger partial charge in [0.05, 0.1) is 10.8 Å². The molecule has 0 radical (unpaired) electrons. The molecule has 2 aliphatic heterocycles. The second-order valence-corrected chi connectivity index (χ2v) is 8.46. The largest absolute Gasteiger partial charge is 0.455 e. The molecule has 2 aromatic carbocycles. The Labute approximate surface area is 196 Å². The molecule has 0 aromatic heterocycles. The van der Waals surface area contributed by atoms with E-state index < -0.39 is 10.9 Å². The van der Waals surface area contributed by atoms with E-state index in [4.69, 9.17) is 4.74 Å². The minimum absolute atomic E-state index is 0.0497. The Morgan fingerprint density at radius 1 is 0.941 bits per heavy atom. The molecule has 0 atom stereocenters. The van der Waals surface area contributed by atoms with Crippen molar-refractivity contribution in [3.8, 4) is 0 Å². The first kappa shape index (κ1) is 23.5. The summed E-state index contributed by atoms with van der Waals surface area (Å²) < 4.78 is 18.4. The van der Waals surface area contributed by atoms with Crippen LogP contribution in [-0.4, -0.2) is 67.6 Å². The minimum atomic E-state index is -0.402. The van der Waals surface area contributed by atoms with Crippen LogP contribution in [0.25, 0.3) is 0 Å². The average Bonchev–Trinajstić information content (AvgIpc) is 2.87. The molecular formula is C24H27FN4O5. The van der Waals surface area contributed by atoms with E-state index in [9.17, 15) is 24.1 Å². The van der Waals surface area contributed by atoms with Gasteiger partial charge in [-0.25, -0.2) is 4.39 Å². The highest BCUT2D eigenvalue weighted by Crippen LogP contribution is 2.31. The predicted molar refractivity (Wildman–Crippen MR) is 124 cm³/mol. The van der Waals surface area contributed by atoms with Gasteiger partial charge in [-0.3, -0.25) is 19.7 Å². The Bertz CT molecular complexity index is 1030. The van der Waals surface area contributed by atoms with Crippen LogP contribution in [0.5, 0.6) is 0 Å². The van der Waals surface area contributed by atoms with Gasteiger partial charge in [0.1, 0.15) is 11.5 Å². The van der Waals surface area contributed by atoms with E-state index in [0.717, 1.165) is 5.69 Å². The SMILES string of the molecule is O=C(OCC(=O)N1CCN(c2ccc(F)cc2)CC1)C1CCN(c2ccccc2[N+](=O)[O-])CC1. The molecule has 0 saturated carbocycles. The normalized spacial score (nSPS) is 16.9. The third-order valence-electron chi connectivity index (χ3n) is 6.41. The Hall–Kier alpha value is -3.69. The van der Waals surface area contributed by atoms with Crippen LogP contribution in [0, 0.1) is 21.8 Å². The Balaban J connectivity index is 1.21. The molecule has 34 heavy (non-hydrogen) atoms. The van der Waals surface area contributed by atoms with Crippen molar-refractivity contribution in [1.29, 1.82) is 0 Å². The molecule has 10 heteroatoms. The molecule has 0 spiro atoms. The molecule has 2 aromatic rings. The number of benzene rings is 2. The zero-order valence-electron chi connectivity index (χ0n) is 18.8.